The van der Waals surface area contributed by atoms with Gasteiger partial charge in [0.2, 0.25) is 0 Å². The molecule has 0 aromatic carbocycles. The third-order valence-corrected chi connectivity index (χ3v) is 4.10. The highest BCUT2D eigenvalue weighted by molar-refractivity contribution is 7.14. The predicted molar refractivity (Wildman–Crippen MR) is 64.2 cm³/mol. The van der Waals surface area contributed by atoms with Crippen LogP contribution in [0.5, 0.6) is 0 Å². The molecule has 84 valence electrons. The van der Waals surface area contributed by atoms with Crippen LogP contribution in [-0.4, -0.2) is 4.98 Å². The minimum absolute atomic E-state index is 0.547. The van der Waals surface area contributed by atoms with Gasteiger partial charge in [0.05, 0.1) is 0 Å². The Hall–Kier alpha value is -1.13. The van der Waals surface area contributed by atoms with Gasteiger partial charge < -0.3 is 10.2 Å². The Balaban J connectivity index is 1.86. The molecule has 0 spiro atoms. The third-order valence-electron chi connectivity index (χ3n) is 3.07. The Morgan fingerprint density at radius 3 is 3.00 bits per heavy atom. The van der Waals surface area contributed by atoms with Crippen LogP contribution in [0.3, 0.4) is 0 Å². The minimum Gasteiger partial charge on any atom is -0.458 e. The van der Waals surface area contributed by atoms with Crippen LogP contribution in [0.4, 0.5) is 0 Å². The van der Waals surface area contributed by atoms with E-state index in [0.29, 0.717) is 12.5 Å². The van der Waals surface area contributed by atoms with Gasteiger partial charge in [-0.2, -0.15) is 0 Å². The maximum atomic E-state index is 5.83. The highest BCUT2D eigenvalue weighted by Crippen LogP contribution is 2.48. The molecule has 2 aromatic heterocycles. The average molecular weight is 234 g/mol. The van der Waals surface area contributed by atoms with Crippen LogP contribution in [0.1, 0.15) is 29.9 Å². The second kappa shape index (κ2) is 3.71. The molecule has 0 aliphatic heterocycles. The van der Waals surface area contributed by atoms with E-state index >= 15 is 0 Å². The summed E-state index contributed by atoms with van der Waals surface area (Å²) >= 11 is 1.60. The fourth-order valence-corrected chi connectivity index (χ4v) is 2.65. The van der Waals surface area contributed by atoms with Crippen LogP contribution in [0.15, 0.2) is 22.7 Å². The Morgan fingerprint density at radius 2 is 2.38 bits per heavy atom. The second-order valence-corrected chi connectivity index (χ2v) is 5.47. The van der Waals surface area contributed by atoms with Crippen LogP contribution in [0, 0.1) is 5.92 Å². The summed E-state index contributed by atoms with van der Waals surface area (Å²) in [5.41, 5.74) is 5.56. The molecule has 1 fully saturated rings. The number of nitrogens with zero attached hydrogens (tertiary/aromatic N) is 1. The predicted octanol–water partition coefficient (Wildman–Crippen LogP) is 2.99. The molecule has 16 heavy (non-hydrogen) atoms. The van der Waals surface area contributed by atoms with Crippen molar-refractivity contribution in [1.82, 2.24) is 4.98 Å². The zero-order valence-electron chi connectivity index (χ0n) is 9.14. The van der Waals surface area contributed by atoms with Crippen LogP contribution < -0.4 is 5.73 Å². The molecule has 0 amide bonds. The van der Waals surface area contributed by atoms with Gasteiger partial charge in [0.1, 0.15) is 5.76 Å². The van der Waals surface area contributed by atoms with Crippen LogP contribution >= 0.6 is 11.3 Å². The highest BCUT2D eigenvalue weighted by atomic mass is 32.1. The fraction of sp³-hybridized carbons (Fsp3) is 0.417. The molecule has 4 heteroatoms. The molecule has 0 radical (unpaired) electrons. The van der Waals surface area contributed by atoms with Gasteiger partial charge in [-0.1, -0.05) is 6.92 Å². The van der Waals surface area contributed by atoms with E-state index in [4.69, 9.17) is 10.2 Å². The standard InChI is InChI=1S/C12H14N2OS/c1-7-4-9(7)10-2-3-11(15-10)12-14-6-8(5-13)16-12/h2-3,6-7,9H,4-5,13H2,1H3. The normalized spacial score (nSPS) is 23.6. The van der Waals surface area contributed by atoms with Crippen molar-refractivity contribution in [2.45, 2.75) is 25.8 Å². The Morgan fingerprint density at radius 1 is 1.56 bits per heavy atom. The summed E-state index contributed by atoms with van der Waals surface area (Å²) in [4.78, 5) is 5.40. The van der Waals surface area contributed by atoms with Gasteiger partial charge in [-0.05, 0) is 24.5 Å². The lowest BCUT2D eigenvalue weighted by molar-refractivity contribution is 0.518. The molecular formula is C12H14N2OS. The van der Waals surface area contributed by atoms with Crippen molar-refractivity contribution >= 4 is 11.3 Å². The van der Waals surface area contributed by atoms with E-state index in [9.17, 15) is 0 Å². The van der Waals surface area contributed by atoms with E-state index in [-0.39, 0.29) is 0 Å². The van der Waals surface area contributed by atoms with Crippen molar-refractivity contribution < 1.29 is 4.42 Å². The molecule has 1 aliphatic carbocycles. The van der Waals surface area contributed by atoms with Crippen molar-refractivity contribution in [3.63, 3.8) is 0 Å². The number of aromatic nitrogens is 1. The number of thiazole rings is 1. The first-order chi connectivity index (χ1) is 7.78. The van der Waals surface area contributed by atoms with E-state index in [0.717, 1.165) is 27.3 Å². The topological polar surface area (TPSA) is 52.0 Å². The van der Waals surface area contributed by atoms with E-state index in [1.54, 1.807) is 11.3 Å². The molecule has 2 atom stereocenters. The molecular weight excluding hydrogens is 220 g/mol. The molecule has 0 bridgehead atoms. The summed E-state index contributed by atoms with van der Waals surface area (Å²) in [5, 5.41) is 0.931. The number of rotatable bonds is 3. The van der Waals surface area contributed by atoms with E-state index in [2.05, 4.69) is 18.0 Å². The first-order valence-corrected chi connectivity index (χ1v) is 6.34. The van der Waals surface area contributed by atoms with E-state index < -0.39 is 0 Å². The van der Waals surface area contributed by atoms with Crippen molar-refractivity contribution in [3.8, 4) is 10.8 Å². The van der Waals surface area contributed by atoms with E-state index in [1.807, 2.05) is 12.3 Å². The van der Waals surface area contributed by atoms with Gasteiger partial charge in [-0.3, -0.25) is 0 Å². The van der Waals surface area contributed by atoms with Crippen LogP contribution in [0.25, 0.3) is 10.8 Å². The molecule has 2 aromatic rings. The van der Waals surface area contributed by atoms with Gasteiger partial charge in [0.15, 0.2) is 10.8 Å². The molecule has 3 nitrogen and oxygen atoms in total. The maximum Gasteiger partial charge on any atom is 0.162 e. The lowest BCUT2D eigenvalue weighted by Crippen LogP contribution is -1.91. The zero-order valence-corrected chi connectivity index (χ0v) is 9.96. The summed E-state index contributed by atoms with van der Waals surface area (Å²) in [6.45, 7) is 2.80. The second-order valence-electron chi connectivity index (χ2n) is 4.36. The van der Waals surface area contributed by atoms with Crippen LogP contribution in [-0.2, 0) is 6.54 Å². The summed E-state index contributed by atoms with van der Waals surface area (Å²) in [5.74, 6) is 3.38. The SMILES string of the molecule is CC1CC1c1ccc(-c2ncc(CN)s2)o1. The van der Waals surface area contributed by atoms with Crippen LogP contribution in [0.2, 0.25) is 0 Å². The molecule has 2 heterocycles. The van der Waals surface area contributed by atoms with E-state index in [1.165, 1.54) is 6.42 Å². The minimum atomic E-state index is 0.547. The molecule has 1 aliphatic rings. The van der Waals surface area contributed by atoms with Gasteiger partial charge in [-0.25, -0.2) is 4.98 Å². The first kappa shape index (κ1) is 10.1. The zero-order chi connectivity index (χ0) is 11.1. The Kier molecular flexibility index (Phi) is 2.33. The largest absolute Gasteiger partial charge is 0.458 e. The average Bonchev–Trinajstić information content (AvgIpc) is 2.80. The van der Waals surface area contributed by atoms with Crippen molar-refractivity contribution in [3.05, 3.63) is 29.0 Å². The number of nitrogens with two attached hydrogens (primary N) is 1. The van der Waals surface area contributed by atoms with Gasteiger partial charge in [0, 0.05) is 23.5 Å². The van der Waals surface area contributed by atoms with Gasteiger partial charge in [0.25, 0.3) is 0 Å². The lowest BCUT2D eigenvalue weighted by atomic mass is 10.3. The summed E-state index contributed by atoms with van der Waals surface area (Å²) in [6, 6.07) is 4.09. The molecule has 2 N–H and O–H groups in total. The van der Waals surface area contributed by atoms with Gasteiger partial charge in [-0.15, -0.1) is 11.3 Å². The first-order valence-electron chi connectivity index (χ1n) is 5.53. The third kappa shape index (κ3) is 1.68. The molecule has 2 unspecified atom stereocenters. The van der Waals surface area contributed by atoms with Gasteiger partial charge >= 0.3 is 0 Å². The molecule has 0 saturated heterocycles. The fourth-order valence-electron chi connectivity index (χ4n) is 1.90. The van der Waals surface area contributed by atoms with Crippen molar-refractivity contribution in [2.75, 3.05) is 0 Å². The highest BCUT2D eigenvalue weighted by Gasteiger charge is 2.36. The summed E-state index contributed by atoms with van der Waals surface area (Å²) in [6.07, 6.45) is 3.07. The summed E-state index contributed by atoms with van der Waals surface area (Å²) < 4.78 is 5.83. The molecule has 1 saturated carbocycles. The molecule has 3 rings (SSSR count). The lowest BCUT2D eigenvalue weighted by Gasteiger charge is -1.91. The monoisotopic (exact) mass is 234 g/mol. The number of hydrogen-bond acceptors (Lipinski definition) is 4. The van der Waals surface area contributed by atoms with Crippen molar-refractivity contribution in [2.24, 2.45) is 11.7 Å². The number of furan rings is 1. The summed E-state index contributed by atoms with van der Waals surface area (Å²) in [7, 11) is 0. The Bertz CT molecular complexity index is 503. The maximum absolute atomic E-state index is 5.83. The number of hydrogen-bond donors (Lipinski definition) is 1. The Labute approximate surface area is 98.3 Å². The smallest absolute Gasteiger partial charge is 0.162 e. The quantitative estimate of drug-likeness (QED) is 0.888. The van der Waals surface area contributed by atoms with Crippen molar-refractivity contribution in [1.29, 1.82) is 0 Å².